The molecule has 6 nitrogen and oxygen atoms in total. The predicted molar refractivity (Wildman–Crippen MR) is 102 cm³/mol. The third-order valence-corrected chi connectivity index (χ3v) is 4.99. The van der Waals surface area contributed by atoms with Crippen LogP contribution in [-0.2, 0) is 10.9 Å². The zero-order valence-corrected chi connectivity index (χ0v) is 16.2. The van der Waals surface area contributed by atoms with Gasteiger partial charge in [-0.25, -0.2) is 9.48 Å². The number of carbonyl (C=O) groups excluding carboxylic acids is 2. The summed E-state index contributed by atoms with van der Waals surface area (Å²) in [4.78, 5) is 24.7. The summed E-state index contributed by atoms with van der Waals surface area (Å²) in [6.07, 6.45) is -3.99. The Morgan fingerprint density at radius 2 is 1.90 bits per heavy atom. The van der Waals surface area contributed by atoms with Gasteiger partial charge in [-0.05, 0) is 55.1 Å². The molecule has 2 aromatic heterocycles. The van der Waals surface area contributed by atoms with Crippen LogP contribution in [-0.4, -0.2) is 28.3 Å². The SMILES string of the molecule is CCOC(=O)c1cnn(-c2ccc(NC(=O)c3sccc3C)cc2)c1C(F)(F)F. The molecule has 1 N–H and O–H groups in total. The molecule has 0 spiro atoms. The summed E-state index contributed by atoms with van der Waals surface area (Å²) in [7, 11) is 0. The van der Waals surface area contributed by atoms with Gasteiger partial charge in [0, 0.05) is 5.69 Å². The number of hydrogen-bond donors (Lipinski definition) is 1. The number of aryl methyl sites for hydroxylation is 1. The highest BCUT2D eigenvalue weighted by atomic mass is 32.1. The minimum absolute atomic E-state index is 0.0561. The van der Waals surface area contributed by atoms with Crippen molar-refractivity contribution in [1.29, 1.82) is 0 Å². The van der Waals surface area contributed by atoms with Crippen LogP contribution in [0.2, 0.25) is 0 Å². The fraction of sp³-hybridized carbons (Fsp3) is 0.211. The Labute approximate surface area is 167 Å². The fourth-order valence-corrected chi connectivity index (χ4v) is 3.47. The van der Waals surface area contributed by atoms with E-state index >= 15 is 0 Å². The molecule has 0 aliphatic rings. The van der Waals surface area contributed by atoms with Crippen LogP contribution in [0, 0.1) is 6.92 Å². The Bertz CT molecular complexity index is 1040. The minimum atomic E-state index is -4.82. The maximum absolute atomic E-state index is 13.6. The second kappa shape index (κ2) is 8.08. The summed E-state index contributed by atoms with van der Waals surface area (Å²) in [5, 5.41) is 8.20. The maximum Gasteiger partial charge on any atom is 0.434 e. The van der Waals surface area contributed by atoms with E-state index in [-0.39, 0.29) is 18.2 Å². The largest absolute Gasteiger partial charge is 0.462 e. The minimum Gasteiger partial charge on any atom is -0.462 e. The number of hydrogen-bond acceptors (Lipinski definition) is 5. The highest BCUT2D eigenvalue weighted by Crippen LogP contribution is 2.34. The topological polar surface area (TPSA) is 73.2 Å². The number of amides is 1. The summed E-state index contributed by atoms with van der Waals surface area (Å²) in [5.41, 5.74) is -0.551. The second-order valence-electron chi connectivity index (χ2n) is 5.97. The first-order valence-corrected chi connectivity index (χ1v) is 9.38. The molecule has 1 amide bonds. The zero-order chi connectivity index (χ0) is 21.2. The molecule has 10 heteroatoms. The number of aromatic nitrogens is 2. The maximum atomic E-state index is 13.6. The molecule has 3 rings (SSSR count). The summed E-state index contributed by atoms with van der Waals surface area (Å²) in [5.74, 6) is -1.40. The molecule has 0 saturated carbocycles. The normalized spacial score (nSPS) is 11.3. The fourth-order valence-electron chi connectivity index (χ4n) is 2.65. The van der Waals surface area contributed by atoms with E-state index in [1.54, 1.807) is 5.38 Å². The monoisotopic (exact) mass is 423 g/mol. The lowest BCUT2D eigenvalue weighted by molar-refractivity contribution is -0.143. The van der Waals surface area contributed by atoms with Crippen molar-refractivity contribution in [2.75, 3.05) is 11.9 Å². The van der Waals surface area contributed by atoms with Crippen LogP contribution < -0.4 is 5.32 Å². The van der Waals surface area contributed by atoms with Crippen molar-refractivity contribution in [3.05, 3.63) is 63.6 Å². The number of ether oxygens (including phenoxy) is 1. The van der Waals surface area contributed by atoms with Gasteiger partial charge in [0.25, 0.3) is 5.91 Å². The average molecular weight is 423 g/mol. The van der Waals surface area contributed by atoms with Gasteiger partial charge in [0.1, 0.15) is 5.56 Å². The number of alkyl halides is 3. The standard InChI is InChI=1S/C19H16F3N3O3S/c1-3-28-18(27)14-10-23-25(16(14)19(20,21)22)13-6-4-12(5-7-13)24-17(26)15-11(2)8-9-29-15/h4-10H,3H2,1-2H3,(H,24,26). The molecule has 0 aliphatic carbocycles. The van der Waals surface area contributed by atoms with Gasteiger partial charge < -0.3 is 10.1 Å². The Morgan fingerprint density at radius 3 is 2.45 bits per heavy atom. The van der Waals surface area contributed by atoms with Crippen molar-refractivity contribution < 1.29 is 27.5 Å². The highest BCUT2D eigenvalue weighted by Gasteiger charge is 2.41. The summed E-state index contributed by atoms with van der Waals surface area (Å²) in [6.45, 7) is 3.26. The first-order chi connectivity index (χ1) is 13.7. The van der Waals surface area contributed by atoms with Crippen molar-refractivity contribution in [1.82, 2.24) is 9.78 Å². The molecule has 0 bridgehead atoms. The molecular weight excluding hydrogens is 407 g/mol. The molecule has 29 heavy (non-hydrogen) atoms. The Kier molecular flexibility index (Phi) is 5.73. The molecule has 0 fully saturated rings. The molecular formula is C19H16F3N3O3S. The van der Waals surface area contributed by atoms with Gasteiger partial charge in [-0.3, -0.25) is 4.79 Å². The Balaban J connectivity index is 1.89. The van der Waals surface area contributed by atoms with Crippen LogP contribution in [0.25, 0.3) is 5.69 Å². The number of anilines is 1. The number of nitrogens with zero attached hydrogens (tertiary/aromatic N) is 2. The third-order valence-electron chi connectivity index (χ3n) is 3.97. The number of esters is 1. The Hall–Kier alpha value is -3.14. The molecule has 0 unspecified atom stereocenters. The predicted octanol–water partition coefficient (Wildman–Crippen LogP) is 4.69. The molecule has 152 valence electrons. The molecule has 0 aliphatic heterocycles. The van der Waals surface area contributed by atoms with Crippen molar-refractivity contribution in [3.8, 4) is 5.69 Å². The van der Waals surface area contributed by atoms with E-state index < -0.39 is 23.4 Å². The van der Waals surface area contributed by atoms with Crippen LogP contribution in [0.5, 0.6) is 0 Å². The zero-order valence-electron chi connectivity index (χ0n) is 15.4. The number of benzene rings is 1. The summed E-state index contributed by atoms with van der Waals surface area (Å²) < 4.78 is 46.0. The molecule has 2 heterocycles. The number of halogens is 3. The van der Waals surface area contributed by atoms with Gasteiger partial charge in [-0.1, -0.05) is 0 Å². The van der Waals surface area contributed by atoms with Gasteiger partial charge in [0.2, 0.25) is 0 Å². The van der Waals surface area contributed by atoms with Crippen LogP contribution in [0.15, 0.2) is 41.9 Å². The quantitative estimate of drug-likeness (QED) is 0.605. The molecule has 0 saturated heterocycles. The van der Waals surface area contributed by atoms with E-state index in [0.717, 1.165) is 11.8 Å². The van der Waals surface area contributed by atoms with E-state index in [2.05, 4.69) is 15.2 Å². The van der Waals surface area contributed by atoms with E-state index in [1.807, 2.05) is 13.0 Å². The summed E-state index contributed by atoms with van der Waals surface area (Å²) in [6, 6.07) is 7.48. The van der Waals surface area contributed by atoms with Gasteiger partial charge in [-0.2, -0.15) is 18.3 Å². The van der Waals surface area contributed by atoms with Crippen molar-refractivity contribution in [2.24, 2.45) is 0 Å². The molecule has 3 aromatic rings. The van der Waals surface area contributed by atoms with Gasteiger partial charge in [0.15, 0.2) is 5.69 Å². The number of nitrogens with one attached hydrogen (secondary N) is 1. The average Bonchev–Trinajstić information content (AvgIpc) is 3.28. The number of rotatable bonds is 5. The lowest BCUT2D eigenvalue weighted by Crippen LogP contribution is -2.18. The van der Waals surface area contributed by atoms with Crippen LogP contribution in [0.1, 0.15) is 38.2 Å². The van der Waals surface area contributed by atoms with Crippen molar-refractivity contribution in [3.63, 3.8) is 0 Å². The van der Waals surface area contributed by atoms with E-state index in [1.165, 1.54) is 42.5 Å². The Morgan fingerprint density at radius 1 is 1.21 bits per heavy atom. The smallest absolute Gasteiger partial charge is 0.434 e. The number of thiophene rings is 1. The second-order valence-corrected chi connectivity index (χ2v) is 6.89. The van der Waals surface area contributed by atoms with Crippen LogP contribution in [0.4, 0.5) is 18.9 Å². The third kappa shape index (κ3) is 4.32. The molecule has 0 atom stereocenters. The van der Waals surface area contributed by atoms with Crippen LogP contribution in [0.3, 0.4) is 0 Å². The number of carbonyl (C=O) groups is 2. The van der Waals surface area contributed by atoms with Gasteiger partial charge in [0.05, 0.1) is 23.4 Å². The van der Waals surface area contributed by atoms with Crippen LogP contribution >= 0.6 is 11.3 Å². The van der Waals surface area contributed by atoms with E-state index in [9.17, 15) is 22.8 Å². The lowest BCUT2D eigenvalue weighted by Gasteiger charge is -2.13. The summed E-state index contributed by atoms with van der Waals surface area (Å²) >= 11 is 1.30. The van der Waals surface area contributed by atoms with E-state index in [4.69, 9.17) is 0 Å². The van der Waals surface area contributed by atoms with Gasteiger partial charge in [-0.15, -0.1) is 11.3 Å². The highest BCUT2D eigenvalue weighted by molar-refractivity contribution is 7.12. The first kappa shape index (κ1) is 20.6. The van der Waals surface area contributed by atoms with Crippen molar-refractivity contribution >= 4 is 28.9 Å². The molecule has 1 aromatic carbocycles. The van der Waals surface area contributed by atoms with E-state index in [0.29, 0.717) is 15.2 Å². The first-order valence-electron chi connectivity index (χ1n) is 8.50. The van der Waals surface area contributed by atoms with Gasteiger partial charge >= 0.3 is 12.1 Å². The molecule has 0 radical (unpaired) electrons. The van der Waals surface area contributed by atoms with Crippen molar-refractivity contribution in [2.45, 2.75) is 20.0 Å². The lowest BCUT2D eigenvalue weighted by atomic mass is 10.2.